The lowest BCUT2D eigenvalue weighted by atomic mass is 10.1. The maximum Gasteiger partial charge on any atom is 0.282 e. The molecule has 0 saturated carbocycles. The van der Waals surface area contributed by atoms with E-state index in [1.54, 1.807) is 24.3 Å². The minimum atomic E-state index is -0.492. The molecule has 0 aromatic heterocycles. The summed E-state index contributed by atoms with van der Waals surface area (Å²) >= 11 is 3.22. The number of hydrogen-bond donors (Lipinski definition) is 2. The van der Waals surface area contributed by atoms with Gasteiger partial charge in [0.1, 0.15) is 5.57 Å². The molecule has 2 amide bonds. The second-order valence-electron chi connectivity index (χ2n) is 5.53. The zero-order valence-corrected chi connectivity index (χ0v) is 15.1. The summed E-state index contributed by atoms with van der Waals surface area (Å²) in [5, 5.41) is 11.1. The first-order valence-corrected chi connectivity index (χ1v) is 8.20. The number of nitrogens with zero attached hydrogens (tertiary/aromatic N) is 1. The van der Waals surface area contributed by atoms with Crippen molar-refractivity contribution in [1.82, 2.24) is 5.43 Å². The summed E-state index contributed by atoms with van der Waals surface area (Å²) in [5.74, 6) is -0.749. The Morgan fingerprint density at radius 2 is 1.88 bits per heavy atom. The number of phenolic OH excluding ortho intramolecular Hbond substituents is 1. The smallest absolute Gasteiger partial charge is 0.282 e. The first kappa shape index (κ1) is 17.0. The first-order chi connectivity index (χ1) is 11.9. The number of halogens is 1. The van der Waals surface area contributed by atoms with E-state index in [1.807, 2.05) is 19.1 Å². The highest BCUT2D eigenvalue weighted by Crippen LogP contribution is 2.36. The Morgan fingerprint density at radius 3 is 2.52 bits per heavy atom. The predicted molar refractivity (Wildman–Crippen MR) is 97.1 cm³/mol. The van der Waals surface area contributed by atoms with Gasteiger partial charge < -0.3 is 9.84 Å². The average molecular weight is 403 g/mol. The SMILES string of the molecule is COc1cc(/C=C2\C(=O)NN(c3ccc(C)cc3)C2=O)cc(Br)c1O. The Labute approximate surface area is 152 Å². The molecule has 0 radical (unpaired) electrons. The maximum atomic E-state index is 12.6. The third kappa shape index (κ3) is 3.23. The van der Waals surface area contributed by atoms with Crippen molar-refractivity contribution in [2.24, 2.45) is 0 Å². The van der Waals surface area contributed by atoms with Crippen molar-refractivity contribution in [2.45, 2.75) is 6.92 Å². The summed E-state index contributed by atoms with van der Waals surface area (Å²) in [6.45, 7) is 1.94. The van der Waals surface area contributed by atoms with E-state index in [1.165, 1.54) is 18.2 Å². The van der Waals surface area contributed by atoms with E-state index in [2.05, 4.69) is 21.4 Å². The monoisotopic (exact) mass is 402 g/mol. The normalized spacial score (nSPS) is 15.6. The number of aromatic hydroxyl groups is 1. The number of methoxy groups -OCH3 is 1. The fourth-order valence-electron chi connectivity index (χ4n) is 2.43. The van der Waals surface area contributed by atoms with Gasteiger partial charge in [0, 0.05) is 0 Å². The summed E-state index contributed by atoms with van der Waals surface area (Å²) in [5.41, 5.74) is 4.73. The Kier molecular flexibility index (Phi) is 4.50. The minimum absolute atomic E-state index is 0.000202. The zero-order chi connectivity index (χ0) is 18.1. The molecule has 0 bridgehead atoms. The van der Waals surface area contributed by atoms with Gasteiger partial charge in [-0.15, -0.1) is 0 Å². The van der Waals surface area contributed by atoms with E-state index in [0.717, 1.165) is 5.56 Å². The van der Waals surface area contributed by atoms with Crippen LogP contribution in [0, 0.1) is 6.92 Å². The van der Waals surface area contributed by atoms with Crippen molar-refractivity contribution in [2.75, 3.05) is 12.1 Å². The topological polar surface area (TPSA) is 78.9 Å². The van der Waals surface area contributed by atoms with Crippen LogP contribution in [0.1, 0.15) is 11.1 Å². The van der Waals surface area contributed by atoms with Gasteiger partial charge in [-0.2, -0.15) is 0 Å². The lowest BCUT2D eigenvalue weighted by Crippen LogP contribution is -2.35. The highest BCUT2D eigenvalue weighted by Gasteiger charge is 2.34. The average Bonchev–Trinajstić information content (AvgIpc) is 2.86. The quantitative estimate of drug-likeness (QED) is 0.610. The lowest BCUT2D eigenvalue weighted by molar-refractivity contribution is -0.117. The number of anilines is 1. The fraction of sp³-hybridized carbons (Fsp3) is 0.111. The van der Waals surface area contributed by atoms with Gasteiger partial charge in [-0.3, -0.25) is 15.0 Å². The van der Waals surface area contributed by atoms with Crippen LogP contribution < -0.4 is 15.2 Å². The Hall–Kier alpha value is -2.80. The van der Waals surface area contributed by atoms with Crippen LogP contribution in [0.15, 0.2) is 46.4 Å². The summed E-state index contributed by atoms with van der Waals surface area (Å²) in [6.07, 6.45) is 1.46. The van der Waals surface area contributed by atoms with Crippen molar-refractivity contribution < 1.29 is 19.4 Å². The van der Waals surface area contributed by atoms with Gasteiger partial charge in [-0.25, -0.2) is 5.01 Å². The summed E-state index contributed by atoms with van der Waals surface area (Å²) in [7, 11) is 1.42. The highest BCUT2D eigenvalue weighted by atomic mass is 79.9. The molecule has 2 N–H and O–H groups in total. The molecule has 2 aromatic carbocycles. The molecule has 6 nitrogen and oxygen atoms in total. The molecule has 128 valence electrons. The summed E-state index contributed by atoms with van der Waals surface area (Å²) in [4.78, 5) is 24.8. The van der Waals surface area contributed by atoms with Crippen LogP contribution in [0.2, 0.25) is 0 Å². The van der Waals surface area contributed by atoms with Crippen LogP contribution in [0.5, 0.6) is 11.5 Å². The molecule has 2 aromatic rings. The standard InChI is InChI=1S/C18H15BrN2O4/c1-10-3-5-12(6-4-10)21-18(24)13(17(23)20-21)7-11-8-14(19)16(22)15(9-11)25-2/h3-9,22H,1-2H3,(H,20,23)/b13-7+. The Bertz CT molecular complexity index is 891. The van der Waals surface area contributed by atoms with Gasteiger partial charge in [0.15, 0.2) is 11.5 Å². The number of carbonyl (C=O) groups is 2. The van der Waals surface area contributed by atoms with E-state index in [-0.39, 0.29) is 17.1 Å². The largest absolute Gasteiger partial charge is 0.503 e. The predicted octanol–water partition coefficient (Wildman–Crippen LogP) is 2.93. The van der Waals surface area contributed by atoms with Crippen molar-refractivity contribution in [3.8, 4) is 11.5 Å². The molecule has 7 heteroatoms. The van der Waals surface area contributed by atoms with E-state index < -0.39 is 11.8 Å². The number of phenols is 1. The second-order valence-corrected chi connectivity index (χ2v) is 6.38. The molecule has 0 atom stereocenters. The van der Waals surface area contributed by atoms with Crippen LogP contribution in [0.4, 0.5) is 5.69 Å². The van der Waals surface area contributed by atoms with E-state index >= 15 is 0 Å². The van der Waals surface area contributed by atoms with Crippen molar-refractivity contribution in [3.63, 3.8) is 0 Å². The molecule has 1 aliphatic heterocycles. The molecule has 0 unspecified atom stereocenters. The maximum absolute atomic E-state index is 12.6. The number of amides is 2. The van der Waals surface area contributed by atoms with Crippen LogP contribution in [-0.4, -0.2) is 24.0 Å². The van der Waals surface area contributed by atoms with Gasteiger partial charge in [-0.1, -0.05) is 17.7 Å². The van der Waals surface area contributed by atoms with Gasteiger partial charge in [-0.05, 0) is 58.8 Å². The third-order valence-electron chi connectivity index (χ3n) is 3.77. The molecule has 0 spiro atoms. The minimum Gasteiger partial charge on any atom is -0.503 e. The molecule has 1 saturated heterocycles. The zero-order valence-electron chi connectivity index (χ0n) is 13.5. The van der Waals surface area contributed by atoms with Gasteiger partial charge >= 0.3 is 0 Å². The number of carbonyl (C=O) groups excluding carboxylic acids is 2. The number of benzene rings is 2. The van der Waals surface area contributed by atoms with E-state index in [0.29, 0.717) is 15.7 Å². The molecule has 25 heavy (non-hydrogen) atoms. The van der Waals surface area contributed by atoms with Crippen LogP contribution in [0.25, 0.3) is 6.08 Å². The van der Waals surface area contributed by atoms with Crippen LogP contribution in [0.3, 0.4) is 0 Å². The first-order valence-electron chi connectivity index (χ1n) is 7.41. The lowest BCUT2D eigenvalue weighted by Gasteiger charge is -2.14. The fourth-order valence-corrected chi connectivity index (χ4v) is 2.89. The molecular weight excluding hydrogens is 388 g/mol. The Morgan fingerprint density at radius 1 is 1.20 bits per heavy atom. The van der Waals surface area contributed by atoms with E-state index in [4.69, 9.17) is 4.74 Å². The van der Waals surface area contributed by atoms with Crippen LogP contribution in [-0.2, 0) is 9.59 Å². The molecule has 1 fully saturated rings. The number of hydrogen-bond acceptors (Lipinski definition) is 4. The third-order valence-corrected chi connectivity index (χ3v) is 4.37. The van der Waals surface area contributed by atoms with Gasteiger partial charge in [0.2, 0.25) is 0 Å². The van der Waals surface area contributed by atoms with Crippen molar-refractivity contribution in [1.29, 1.82) is 0 Å². The second kappa shape index (κ2) is 6.60. The molecule has 1 aliphatic rings. The van der Waals surface area contributed by atoms with Crippen molar-refractivity contribution >= 4 is 39.5 Å². The van der Waals surface area contributed by atoms with Crippen molar-refractivity contribution in [3.05, 3.63) is 57.6 Å². The number of aryl methyl sites for hydroxylation is 1. The Balaban J connectivity index is 1.96. The number of nitrogens with one attached hydrogen (secondary N) is 1. The highest BCUT2D eigenvalue weighted by molar-refractivity contribution is 9.10. The van der Waals surface area contributed by atoms with Crippen LogP contribution >= 0.6 is 15.9 Å². The number of rotatable bonds is 3. The molecule has 3 rings (SSSR count). The van der Waals surface area contributed by atoms with E-state index in [9.17, 15) is 14.7 Å². The molecule has 0 aliphatic carbocycles. The van der Waals surface area contributed by atoms with Gasteiger partial charge in [0.05, 0.1) is 17.3 Å². The van der Waals surface area contributed by atoms with Gasteiger partial charge in [0.25, 0.3) is 11.8 Å². The molecular formula is C18H15BrN2O4. The molecule has 1 heterocycles. The number of hydrazine groups is 1. The summed E-state index contributed by atoms with van der Waals surface area (Å²) in [6, 6.07) is 10.4. The summed E-state index contributed by atoms with van der Waals surface area (Å²) < 4.78 is 5.48. The number of ether oxygens (including phenoxy) is 1.